The van der Waals surface area contributed by atoms with Crippen molar-refractivity contribution in [3.63, 3.8) is 0 Å². The number of hydrogen-bond acceptors (Lipinski definition) is 5. The lowest BCUT2D eigenvalue weighted by molar-refractivity contribution is -0.142. The minimum absolute atomic E-state index is 0.0897. The third-order valence-corrected chi connectivity index (χ3v) is 2.62. The molecule has 0 fully saturated rings. The van der Waals surface area contributed by atoms with Gasteiger partial charge in [-0.1, -0.05) is 18.2 Å². The molecular weight excluding hydrogens is 256 g/mol. The SMILES string of the molecule is COC(=O)COc1cccc(CNc2ccccn2)c1. The Hall–Kier alpha value is -2.56. The monoisotopic (exact) mass is 272 g/mol. The zero-order valence-corrected chi connectivity index (χ0v) is 11.2. The van der Waals surface area contributed by atoms with Gasteiger partial charge in [0.05, 0.1) is 7.11 Å². The summed E-state index contributed by atoms with van der Waals surface area (Å²) in [4.78, 5) is 15.2. The molecule has 0 aliphatic rings. The predicted octanol–water partition coefficient (Wildman–Crippen LogP) is 2.25. The van der Waals surface area contributed by atoms with E-state index in [0.717, 1.165) is 11.4 Å². The van der Waals surface area contributed by atoms with Crippen LogP contribution in [-0.2, 0) is 16.1 Å². The molecule has 0 aliphatic carbocycles. The maximum atomic E-state index is 11.0. The molecule has 0 unspecified atom stereocenters. The molecule has 5 heteroatoms. The van der Waals surface area contributed by atoms with E-state index < -0.39 is 5.97 Å². The number of aromatic nitrogens is 1. The van der Waals surface area contributed by atoms with E-state index in [1.54, 1.807) is 12.3 Å². The molecule has 5 nitrogen and oxygen atoms in total. The van der Waals surface area contributed by atoms with Crippen LogP contribution in [0.2, 0.25) is 0 Å². The topological polar surface area (TPSA) is 60.5 Å². The molecule has 2 aromatic rings. The highest BCUT2D eigenvalue weighted by molar-refractivity contribution is 5.70. The summed E-state index contributed by atoms with van der Waals surface area (Å²) in [5, 5.41) is 3.21. The van der Waals surface area contributed by atoms with Crippen LogP contribution in [0.1, 0.15) is 5.56 Å². The third-order valence-electron chi connectivity index (χ3n) is 2.62. The summed E-state index contributed by atoms with van der Waals surface area (Å²) >= 11 is 0. The largest absolute Gasteiger partial charge is 0.482 e. The minimum atomic E-state index is -0.401. The number of pyridine rings is 1. The van der Waals surface area contributed by atoms with Gasteiger partial charge in [0.1, 0.15) is 11.6 Å². The van der Waals surface area contributed by atoms with E-state index in [4.69, 9.17) is 4.74 Å². The van der Waals surface area contributed by atoms with E-state index >= 15 is 0 Å². The van der Waals surface area contributed by atoms with E-state index in [1.807, 2.05) is 36.4 Å². The van der Waals surface area contributed by atoms with Crippen molar-refractivity contribution in [3.8, 4) is 5.75 Å². The van der Waals surface area contributed by atoms with Crippen molar-refractivity contribution in [2.45, 2.75) is 6.54 Å². The Bertz CT molecular complexity index is 558. The number of nitrogens with zero attached hydrogens (tertiary/aromatic N) is 1. The van der Waals surface area contributed by atoms with Gasteiger partial charge in [-0.25, -0.2) is 9.78 Å². The molecule has 1 aromatic carbocycles. The van der Waals surface area contributed by atoms with Crippen molar-refractivity contribution in [2.75, 3.05) is 19.0 Å². The molecular formula is C15H16N2O3. The molecule has 0 atom stereocenters. The normalized spacial score (nSPS) is 9.85. The lowest BCUT2D eigenvalue weighted by Gasteiger charge is -2.08. The predicted molar refractivity (Wildman–Crippen MR) is 75.5 cm³/mol. The lowest BCUT2D eigenvalue weighted by atomic mass is 10.2. The van der Waals surface area contributed by atoms with Gasteiger partial charge in [0.25, 0.3) is 0 Å². The maximum Gasteiger partial charge on any atom is 0.343 e. The number of carbonyl (C=O) groups excluding carboxylic acids is 1. The summed E-state index contributed by atoms with van der Waals surface area (Å²) in [6.07, 6.45) is 1.73. The Morgan fingerprint density at radius 3 is 2.90 bits per heavy atom. The second-order valence-electron chi connectivity index (χ2n) is 4.08. The van der Waals surface area contributed by atoms with Gasteiger partial charge in [-0.2, -0.15) is 0 Å². The molecule has 1 heterocycles. The number of esters is 1. The molecule has 2 rings (SSSR count). The highest BCUT2D eigenvalue weighted by Gasteiger charge is 2.02. The zero-order chi connectivity index (χ0) is 14.2. The Morgan fingerprint density at radius 2 is 2.15 bits per heavy atom. The van der Waals surface area contributed by atoms with Crippen LogP contribution in [0.15, 0.2) is 48.7 Å². The molecule has 0 bridgehead atoms. The molecule has 0 radical (unpaired) electrons. The van der Waals surface area contributed by atoms with Crippen molar-refractivity contribution in [3.05, 3.63) is 54.2 Å². The number of hydrogen-bond donors (Lipinski definition) is 1. The van der Waals surface area contributed by atoms with Crippen LogP contribution in [0.3, 0.4) is 0 Å². The summed E-state index contributed by atoms with van der Waals surface area (Å²) in [5.41, 5.74) is 1.04. The Labute approximate surface area is 117 Å². The molecule has 1 N–H and O–H groups in total. The first-order chi connectivity index (χ1) is 9.78. The number of methoxy groups -OCH3 is 1. The third kappa shape index (κ3) is 4.28. The summed E-state index contributed by atoms with van der Waals surface area (Å²) < 4.78 is 9.86. The number of anilines is 1. The van der Waals surface area contributed by atoms with Crippen molar-refractivity contribution in [1.29, 1.82) is 0 Å². The highest BCUT2D eigenvalue weighted by Crippen LogP contribution is 2.14. The number of carbonyl (C=O) groups is 1. The van der Waals surface area contributed by atoms with Gasteiger partial charge in [0, 0.05) is 12.7 Å². The summed E-state index contributed by atoms with van der Waals surface area (Å²) in [6, 6.07) is 13.2. The molecule has 0 saturated carbocycles. The average Bonchev–Trinajstić information content (AvgIpc) is 2.52. The first-order valence-corrected chi connectivity index (χ1v) is 6.21. The number of rotatable bonds is 6. The fraction of sp³-hybridized carbons (Fsp3) is 0.200. The van der Waals surface area contributed by atoms with E-state index in [0.29, 0.717) is 12.3 Å². The zero-order valence-electron chi connectivity index (χ0n) is 11.2. The first kappa shape index (κ1) is 13.9. The van der Waals surface area contributed by atoms with E-state index in [1.165, 1.54) is 7.11 Å². The van der Waals surface area contributed by atoms with E-state index in [9.17, 15) is 4.79 Å². The van der Waals surface area contributed by atoms with Gasteiger partial charge in [0.15, 0.2) is 6.61 Å². The van der Waals surface area contributed by atoms with Crippen LogP contribution in [-0.4, -0.2) is 24.7 Å². The van der Waals surface area contributed by atoms with Crippen LogP contribution in [0, 0.1) is 0 Å². The number of nitrogens with one attached hydrogen (secondary N) is 1. The number of benzene rings is 1. The van der Waals surface area contributed by atoms with Gasteiger partial charge < -0.3 is 14.8 Å². The van der Waals surface area contributed by atoms with Crippen LogP contribution < -0.4 is 10.1 Å². The lowest BCUT2D eigenvalue weighted by Crippen LogP contribution is -2.12. The van der Waals surface area contributed by atoms with Gasteiger partial charge in [0.2, 0.25) is 0 Å². The van der Waals surface area contributed by atoms with Gasteiger partial charge in [-0.3, -0.25) is 0 Å². The standard InChI is InChI=1S/C15H16N2O3/c1-19-15(18)11-20-13-6-4-5-12(9-13)10-17-14-7-2-3-8-16-14/h2-9H,10-11H2,1H3,(H,16,17). The fourth-order valence-electron chi connectivity index (χ4n) is 1.61. The summed E-state index contributed by atoms with van der Waals surface area (Å²) in [7, 11) is 1.33. The molecule has 1 aromatic heterocycles. The second kappa shape index (κ2) is 7.13. The Kier molecular flexibility index (Phi) is 4.94. The Balaban J connectivity index is 1.90. The van der Waals surface area contributed by atoms with Crippen LogP contribution >= 0.6 is 0 Å². The fourth-order valence-corrected chi connectivity index (χ4v) is 1.61. The van der Waals surface area contributed by atoms with Crippen molar-refractivity contribution in [2.24, 2.45) is 0 Å². The number of ether oxygens (including phenoxy) is 2. The second-order valence-corrected chi connectivity index (χ2v) is 4.08. The minimum Gasteiger partial charge on any atom is -0.482 e. The van der Waals surface area contributed by atoms with Crippen LogP contribution in [0.5, 0.6) is 5.75 Å². The molecule has 0 spiro atoms. The van der Waals surface area contributed by atoms with Gasteiger partial charge in [-0.05, 0) is 29.8 Å². The van der Waals surface area contributed by atoms with Crippen molar-refractivity contribution < 1.29 is 14.3 Å². The quantitative estimate of drug-likeness (QED) is 0.817. The van der Waals surface area contributed by atoms with Crippen molar-refractivity contribution in [1.82, 2.24) is 4.98 Å². The molecule has 0 amide bonds. The van der Waals surface area contributed by atoms with E-state index in [-0.39, 0.29) is 6.61 Å². The molecule has 104 valence electrons. The van der Waals surface area contributed by atoms with E-state index in [2.05, 4.69) is 15.0 Å². The summed E-state index contributed by atoms with van der Waals surface area (Å²) in [5.74, 6) is 1.05. The maximum absolute atomic E-state index is 11.0. The molecule has 20 heavy (non-hydrogen) atoms. The first-order valence-electron chi connectivity index (χ1n) is 6.21. The summed E-state index contributed by atoms with van der Waals surface area (Å²) in [6.45, 7) is 0.542. The highest BCUT2D eigenvalue weighted by atomic mass is 16.6. The Morgan fingerprint density at radius 1 is 1.25 bits per heavy atom. The molecule has 0 aliphatic heterocycles. The average molecular weight is 272 g/mol. The van der Waals surface area contributed by atoms with Crippen LogP contribution in [0.4, 0.5) is 5.82 Å². The smallest absolute Gasteiger partial charge is 0.343 e. The van der Waals surface area contributed by atoms with Gasteiger partial charge >= 0.3 is 5.97 Å². The van der Waals surface area contributed by atoms with Crippen molar-refractivity contribution >= 4 is 11.8 Å². The molecule has 0 saturated heterocycles. The van der Waals surface area contributed by atoms with Crippen LogP contribution in [0.25, 0.3) is 0 Å². The van der Waals surface area contributed by atoms with Gasteiger partial charge in [-0.15, -0.1) is 0 Å².